The van der Waals surface area contributed by atoms with Gasteiger partial charge in [-0.2, -0.15) is 0 Å². The first-order valence-electron chi connectivity index (χ1n) is 7.32. The minimum atomic E-state index is 0.318. The van der Waals surface area contributed by atoms with Crippen molar-refractivity contribution in [1.29, 1.82) is 0 Å². The van der Waals surface area contributed by atoms with Crippen LogP contribution in [0.4, 0.5) is 0 Å². The summed E-state index contributed by atoms with van der Waals surface area (Å²) >= 11 is 1.84. The molecular formula is C16H26OS. The summed E-state index contributed by atoms with van der Waals surface area (Å²) in [4.78, 5) is 12.5. The Morgan fingerprint density at radius 2 is 2.17 bits per heavy atom. The van der Waals surface area contributed by atoms with Crippen molar-refractivity contribution in [2.45, 2.75) is 53.4 Å². The van der Waals surface area contributed by atoms with Crippen molar-refractivity contribution in [2.24, 2.45) is 23.2 Å². The van der Waals surface area contributed by atoms with Gasteiger partial charge in [-0.25, -0.2) is 0 Å². The third-order valence-electron chi connectivity index (χ3n) is 4.80. The summed E-state index contributed by atoms with van der Waals surface area (Å²) in [6, 6.07) is 0. The molecule has 102 valence electrons. The first-order chi connectivity index (χ1) is 8.47. The van der Waals surface area contributed by atoms with Crippen LogP contribution in [-0.2, 0) is 4.79 Å². The molecule has 0 aromatic rings. The molecule has 3 atom stereocenters. The number of unbranched alkanes of at least 4 members (excludes halogenated alkanes) is 1. The summed E-state index contributed by atoms with van der Waals surface area (Å²) in [5, 5.41) is 2.17. The molecule has 2 rings (SSSR count). The largest absolute Gasteiger partial charge is 0.294 e. The fourth-order valence-corrected chi connectivity index (χ4v) is 4.87. The van der Waals surface area contributed by atoms with Gasteiger partial charge in [0.2, 0.25) is 0 Å². The predicted molar refractivity (Wildman–Crippen MR) is 79.6 cm³/mol. The zero-order valence-corrected chi connectivity index (χ0v) is 13.0. The minimum absolute atomic E-state index is 0.318. The summed E-state index contributed by atoms with van der Waals surface area (Å²) in [5.74, 6) is 3.10. The number of fused-ring (bicyclic) bond motifs is 1. The molecule has 0 aromatic heterocycles. The predicted octanol–water partition coefficient (Wildman–Crippen LogP) is 4.67. The lowest BCUT2D eigenvalue weighted by molar-refractivity contribution is -0.119. The Kier molecular flexibility index (Phi) is 4.25. The number of hydrogen-bond acceptors (Lipinski definition) is 2. The summed E-state index contributed by atoms with van der Waals surface area (Å²) in [7, 11) is 0. The highest BCUT2D eigenvalue weighted by Crippen LogP contribution is 2.57. The number of rotatable bonds is 4. The van der Waals surface area contributed by atoms with Crippen molar-refractivity contribution in [3.05, 3.63) is 11.0 Å². The number of thioether (sulfide) groups is 1. The highest BCUT2D eigenvalue weighted by molar-refractivity contribution is 8.02. The van der Waals surface area contributed by atoms with E-state index in [4.69, 9.17) is 0 Å². The van der Waals surface area contributed by atoms with Crippen LogP contribution in [0, 0.1) is 23.2 Å². The maximum absolute atomic E-state index is 12.5. The van der Waals surface area contributed by atoms with E-state index in [1.165, 1.54) is 19.3 Å². The maximum Gasteiger partial charge on any atom is 0.163 e. The monoisotopic (exact) mass is 266 g/mol. The van der Waals surface area contributed by atoms with Gasteiger partial charge in [0.15, 0.2) is 5.78 Å². The Bertz CT molecular complexity index is 356. The summed E-state index contributed by atoms with van der Waals surface area (Å²) in [6.45, 7) is 9.16. The van der Waals surface area contributed by atoms with Gasteiger partial charge in [0, 0.05) is 11.5 Å². The van der Waals surface area contributed by atoms with E-state index in [-0.39, 0.29) is 0 Å². The van der Waals surface area contributed by atoms with Gasteiger partial charge in [0.25, 0.3) is 0 Å². The molecule has 0 aromatic carbocycles. The Morgan fingerprint density at radius 3 is 2.78 bits per heavy atom. The molecule has 2 aliphatic rings. The molecule has 2 heteroatoms. The molecule has 18 heavy (non-hydrogen) atoms. The number of Topliss-reactive ketones (excluding diaryl/α,β-unsaturated/α-hetero) is 1. The molecule has 2 fully saturated rings. The van der Waals surface area contributed by atoms with Crippen LogP contribution in [0.1, 0.15) is 53.4 Å². The van der Waals surface area contributed by atoms with Crippen molar-refractivity contribution in [3.8, 4) is 0 Å². The maximum atomic E-state index is 12.5. The Balaban J connectivity index is 2.04. The van der Waals surface area contributed by atoms with Crippen LogP contribution in [0.15, 0.2) is 11.0 Å². The van der Waals surface area contributed by atoms with E-state index < -0.39 is 0 Å². The molecular weight excluding hydrogens is 240 g/mol. The van der Waals surface area contributed by atoms with Crippen LogP contribution in [0.2, 0.25) is 0 Å². The van der Waals surface area contributed by atoms with Gasteiger partial charge in [0.05, 0.1) is 0 Å². The minimum Gasteiger partial charge on any atom is -0.294 e. The lowest BCUT2D eigenvalue weighted by atomic mass is 9.80. The van der Waals surface area contributed by atoms with Crippen molar-refractivity contribution < 1.29 is 4.79 Å². The quantitative estimate of drug-likeness (QED) is 0.543. The first kappa shape index (κ1) is 14.2. The van der Waals surface area contributed by atoms with Gasteiger partial charge in [-0.3, -0.25) is 4.79 Å². The Labute approximate surface area is 116 Å². The third-order valence-corrected chi connectivity index (χ3v) is 5.77. The number of allylic oxidation sites excluding steroid dienone is 1. The summed E-state index contributed by atoms with van der Waals surface area (Å²) in [5.41, 5.74) is 1.47. The van der Waals surface area contributed by atoms with E-state index in [1.807, 2.05) is 11.8 Å². The van der Waals surface area contributed by atoms with E-state index in [1.54, 1.807) is 0 Å². The molecule has 0 saturated heterocycles. The van der Waals surface area contributed by atoms with E-state index in [0.717, 1.165) is 17.7 Å². The van der Waals surface area contributed by atoms with Gasteiger partial charge in [-0.1, -0.05) is 34.1 Å². The van der Waals surface area contributed by atoms with E-state index in [0.29, 0.717) is 29.0 Å². The lowest BCUT2D eigenvalue weighted by Crippen LogP contribution is -2.20. The zero-order chi connectivity index (χ0) is 13.3. The van der Waals surface area contributed by atoms with Crippen LogP contribution in [-0.4, -0.2) is 11.5 Å². The van der Waals surface area contributed by atoms with Crippen LogP contribution in [0.3, 0.4) is 0 Å². The zero-order valence-electron chi connectivity index (χ0n) is 12.2. The van der Waals surface area contributed by atoms with Gasteiger partial charge < -0.3 is 0 Å². The highest BCUT2D eigenvalue weighted by Gasteiger charge is 2.53. The summed E-state index contributed by atoms with van der Waals surface area (Å²) < 4.78 is 0. The molecule has 0 heterocycles. The first-order valence-corrected chi connectivity index (χ1v) is 8.37. The fourth-order valence-electron chi connectivity index (χ4n) is 3.88. The highest BCUT2D eigenvalue weighted by atomic mass is 32.2. The molecule has 2 saturated carbocycles. The van der Waals surface area contributed by atoms with Crippen molar-refractivity contribution >= 4 is 17.5 Å². The van der Waals surface area contributed by atoms with Crippen LogP contribution < -0.4 is 0 Å². The van der Waals surface area contributed by atoms with Crippen LogP contribution in [0.25, 0.3) is 0 Å². The number of hydrogen-bond donors (Lipinski definition) is 0. The Morgan fingerprint density at radius 1 is 1.44 bits per heavy atom. The Hall–Kier alpha value is -0.240. The number of ketones is 1. The van der Waals surface area contributed by atoms with Gasteiger partial charge in [-0.05, 0) is 47.7 Å². The summed E-state index contributed by atoms with van der Waals surface area (Å²) in [6.07, 6.45) is 4.72. The molecule has 0 unspecified atom stereocenters. The van der Waals surface area contributed by atoms with E-state index in [2.05, 4.69) is 33.1 Å². The smallest absolute Gasteiger partial charge is 0.163 e. The number of carbonyl (C=O) groups is 1. The van der Waals surface area contributed by atoms with Gasteiger partial charge in [0.1, 0.15) is 0 Å². The SMILES string of the molecule is CCCCSC=C1C[C@@H]2[C@H](C1=O)[C@H](C)CC2(C)C. The molecule has 0 bridgehead atoms. The van der Waals surface area contributed by atoms with E-state index >= 15 is 0 Å². The second kappa shape index (κ2) is 5.40. The average Bonchev–Trinajstić information content (AvgIpc) is 2.73. The average molecular weight is 266 g/mol. The fraction of sp³-hybridized carbons (Fsp3) is 0.812. The molecule has 2 aliphatic carbocycles. The van der Waals surface area contributed by atoms with E-state index in [9.17, 15) is 4.79 Å². The van der Waals surface area contributed by atoms with Gasteiger partial charge in [-0.15, -0.1) is 11.8 Å². The molecule has 0 amide bonds. The van der Waals surface area contributed by atoms with Gasteiger partial charge >= 0.3 is 0 Å². The van der Waals surface area contributed by atoms with Crippen molar-refractivity contribution in [2.75, 3.05) is 5.75 Å². The van der Waals surface area contributed by atoms with Crippen LogP contribution >= 0.6 is 11.8 Å². The molecule has 0 aliphatic heterocycles. The third kappa shape index (κ3) is 2.54. The standard InChI is InChI=1S/C16H26OS/c1-5-6-7-18-10-12-8-13-14(15(12)17)11(2)9-16(13,3)4/h10-11,13-14H,5-9H2,1-4H3/t11-,13-,14-/m1/s1. The molecule has 1 nitrogen and oxygen atoms in total. The topological polar surface area (TPSA) is 17.1 Å². The molecule has 0 radical (unpaired) electrons. The molecule has 0 spiro atoms. The molecule has 0 N–H and O–H groups in total. The normalized spacial score (nSPS) is 36.3. The second-order valence-corrected chi connectivity index (χ2v) is 7.72. The van der Waals surface area contributed by atoms with Crippen molar-refractivity contribution in [3.63, 3.8) is 0 Å². The van der Waals surface area contributed by atoms with Crippen LogP contribution in [0.5, 0.6) is 0 Å². The second-order valence-electron chi connectivity index (χ2n) is 6.74. The lowest BCUT2D eigenvalue weighted by Gasteiger charge is -2.25. The number of carbonyl (C=O) groups excluding carboxylic acids is 1. The van der Waals surface area contributed by atoms with Crippen molar-refractivity contribution in [1.82, 2.24) is 0 Å².